The second-order valence-corrected chi connectivity index (χ2v) is 8.01. The number of rotatable bonds is 2. The van der Waals surface area contributed by atoms with Crippen LogP contribution in [0.25, 0.3) is 16.3 Å². The summed E-state index contributed by atoms with van der Waals surface area (Å²) >= 11 is 7.83. The molecule has 2 aromatic heterocycles. The standard InChI is InChI=1S/C19H15ClN5O2S/c1-22-16-15(17(26)23(2)19(22)27)24-10-13(14-7-4-8-28-14)25(18(24)21-16)12-6-3-5-11(20)9-12/h3-10,15H,1-2H3/q+1. The monoisotopic (exact) mass is 412 g/mol. The molecule has 3 amide bonds. The number of imide groups is 1. The van der Waals surface area contributed by atoms with Gasteiger partial charge in [-0.05, 0) is 29.6 Å². The van der Waals surface area contributed by atoms with Gasteiger partial charge in [0.2, 0.25) is 11.9 Å². The average Bonchev–Trinajstić information content (AvgIpc) is 3.39. The maximum Gasteiger partial charge on any atom is 0.407 e. The Morgan fingerprint density at radius 1 is 1.14 bits per heavy atom. The first-order valence-corrected chi connectivity index (χ1v) is 9.83. The lowest BCUT2D eigenvalue weighted by atomic mass is 10.2. The number of aromatic nitrogens is 2. The molecule has 0 bridgehead atoms. The Morgan fingerprint density at radius 3 is 2.68 bits per heavy atom. The number of thiophene rings is 1. The van der Waals surface area contributed by atoms with Crippen molar-refractivity contribution in [3.63, 3.8) is 0 Å². The fraction of sp³-hybridized carbons (Fsp3) is 0.158. The van der Waals surface area contributed by atoms with Gasteiger partial charge in [-0.1, -0.05) is 28.7 Å². The Labute approximate surface area is 169 Å². The van der Waals surface area contributed by atoms with Crippen LogP contribution in [-0.2, 0) is 4.79 Å². The molecule has 0 aliphatic carbocycles. The van der Waals surface area contributed by atoms with Crippen LogP contribution in [0.15, 0.2) is 53.0 Å². The van der Waals surface area contributed by atoms with Gasteiger partial charge in [0.15, 0.2) is 5.69 Å². The van der Waals surface area contributed by atoms with E-state index in [-0.39, 0.29) is 5.91 Å². The van der Waals surface area contributed by atoms with Crippen molar-refractivity contribution < 1.29 is 14.2 Å². The zero-order valence-electron chi connectivity index (χ0n) is 15.0. The summed E-state index contributed by atoms with van der Waals surface area (Å²) in [5.74, 6) is 0.706. The highest BCUT2D eigenvalue weighted by atomic mass is 35.5. The lowest BCUT2D eigenvalue weighted by Gasteiger charge is -2.30. The van der Waals surface area contributed by atoms with Gasteiger partial charge in [0.1, 0.15) is 11.9 Å². The van der Waals surface area contributed by atoms with Crippen LogP contribution in [0.2, 0.25) is 5.02 Å². The molecule has 0 N–H and O–H groups in total. The molecule has 0 saturated carbocycles. The Morgan fingerprint density at radius 2 is 1.96 bits per heavy atom. The first-order valence-electron chi connectivity index (χ1n) is 8.58. The van der Waals surface area contributed by atoms with Crippen LogP contribution in [0.5, 0.6) is 0 Å². The van der Waals surface area contributed by atoms with E-state index < -0.39 is 12.1 Å². The summed E-state index contributed by atoms with van der Waals surface area (Å²) in [6.45, 7) is 0. The van der Waals surface area contributed by atoms with Gasteiger partial charge >= 0.3 is 12.0 Å². The van der Waals surface area contributed by atoms with E-state index >= 15 is 0 Å². The lowest BCUT2D eigenvalue weighted by Crippen LogP contribution is -2.61. The molecule has 7 nitrogen and oxygen atoms in total. The number of urea groups is 1. The molecule has 1 fully saturated rings. The van der Waals surface area contributed by atoms with Crippen LogP contribution in [0.4, 0.5) is 10.7 Å². The van der Waals surface area contributed by atoms with Crippen molar-refractivity contribution in [1.29, 1.82) is 0 Å². The molecule has 0 radical (unpaired) electrons. The van der Waals surface area contributed by atoms with Gasteiger partial charge in [0.25, 0.3) is 5.91 Å². The summed E-state index contributed by atoms with van der Waals surface area (Å²) in [4.78, 5) is 33.5. The molecule has 1 aromatic carbocycles. The molecule has 9 heteroatoms. The van der Waals surface area contributed by atoms with Gasteiger partial charge in [0, 0.05) is 19.1 Å². The first kappa shape index (κ1) is 17.2. The summed E-state index contributed by atoms with van der Waals surface area (Å²) < 4.78 is 3.79. The highest BCUT2D eigenvalue weighted by Gasteiger charge is 2.52. The van der Waals surface area contributed by atoms with Gasteiger partial charge in [-0.3, -0.25) is 14.6 Å². The van der Waals surface area contributed by atoms with E-state index in [0.717, 1.165) is 21.2 Å². The van der Waals surface area contributed by atoms with Crippen molar-refractivity contribution in [2.75, 3.05) is 14.1 Å². The van der Waals surface area contributed by atoms with E-state index in [4.69, 9.17) is 11.6 Å². The largest absolute Gasteiger partial charge is 0.407 e. The van der Waals surface area contributed by atoms with Gasteiger partial charge < -0.3 is 0 Å². The Hall–Kier alpha value is -2.97. The third kappa shape index (κ3) is 2.28. The van der Waals surface area contributed by atoms with Gasteiger partial charge in [0.05, 0.1) is 4.88 Å². The number of carbonyl (C=O) groups is 2. The Kier molecular flexibility index (Phi) is 3.68. The fourth-order valence-electron chi connectivity index (χ4n) is 3.61. The van der Waals surface area contributed by atoms with E-state index in [1.165, 1.54) is 11.9 Å². The molecule has 2 aliphatic rings. The number of aliphatic imine (C=N–C) groups is 1. The highest BCUT2D eigenvalue weighted by Crippen LogP contribution is 2.36. The lowest BCUT2D eigenvalue weighted by molar-refractivity contribution is -0.676. The second kappa shape index (κ2) is 6.02. The quantitative estimate of drug-likeness (QED) is 0.606. The summed E-state index contributed by atoms with van der Waals surface area (Å²) in [6.07, 6.45) is 1.92. The number of hydrogen-bond donors (Lipinski definition) is 0. The molecule has 140 valence electrons. The number of fused-ring (bicyclic) bond motifs is 3. The summed E-state index contributed by atoms with van der Waals surface area (Å²) in [5.41, 5.74) is 1.74. The van der Waals surface area contributed by atoms with E-state index in [1.54, 1.807) is 18.4 Å². The SMILES string of the molecule is CN1C(=O)C2C(=Nc3n(-c4cccc(Cl)c4)c(-c4cccs4)c[n+]32)N(C)C1=O. The second-order valence-electron chi connectivity index (χ2n) is 6.63. The average molecular weight is 413 g/mol. The minimum absolute atomic E-state index is 0.299. The van der Waals surface area contributed by atoms with Crippen molar-refractivity contribution >= 4 is 46.7 Å². The zero-order chi connectivity index (χ0) is 19.6. The van der Waals surface area contributed by atoms with Crippen LogP contribution in [-0.4, -0.2) is 46.2 Å². The minimum atomic E-state index is -0.665. The molecule has 4 heterocycles. The summed E-state index contributed by atoms with van der Waals surface area (Å²) in [7, 11) is 3.12. The molecule has 2 aliphatic heterocycles. The predicted molar refractivity (Wildman–Crippen MR) is 106 cm³/mol. The van der Waals surface area contributed by atoms with Crippen molar-refractivity contribution in [1.82, 2.24) is 14.4 Å². The molecule has 1 atom stereocenters. The van der Waals surface area contributed by atoms with Gasteiger partial charge in [-0.15, -0.1) is 11.3 Å². The highest BCUT2D eigenvalue weighted by molar-refractivity contribution is 7.13. The number of amidine groups is 1. The number of carbonyl (C=O) groups excluding carboxylic acids is 2. The minimum Gasteiger partial charge on any atom is -0.270 e. The Bertz CT molecular complexity index is 1170. The number of hydrogen-bond acceptors (Lipinski definition) is 4. The smallest absolute Gasteiger partial charge is 0.270 e. The molecule has 5 rings (SSSR count). The summed E-state index contributed by atoms with van der Waals surface area (Å²) in [5, 5.41) is 2.61. The van der Waals surface area contributed by atoms with Gasteiger partial charge in [-0.2, -0.15) is 4.57 Å². The number of imidazole rings is 1. The molecule has 3 aromatic rings. The topological polar surface area (TPSA) is 61.8 Å². The van der Waals surface area contributed by atoms with Crippen molar-refractivity contribution in [3.05, 3.63) is 53.0 Å². The van der Waals surface area contributed by atoms with Crippen LogP contribution < -0.4 is 4.57 Å². The van der Waals surface area contributed by atoms with E-state index in [9.17, 15) is 9.59 Å². The van der Waals surface area contributed by atoms with Crippen LogP contribution in [0.1, 0.15) is 6.04 Å². The maximum absolute atomic E-state index is 12.9. The van der Waals surface area contributed by atoms with E-state index in [1.807, 2.05) is 57.1 Å². The van der Waals surface area contributed by atoms with E-state index in [0.29, 0.717) is 16.8 Å². The fourth-order valence-corrected chi connectivity index (χ4v) is 4.52. The van der Waals surface area contributed by atoms with Crippen LogP contribution in [0.3, 0.4) is 0 Å². The van der Waals surface area contributed by atoms with Crippen LogP contribution in [0, 0.1) is 0 Å². The molecule has 28 heavy (non-hydrogen) atoms. The van der Waals surface area contributed by atoms with Crippen molar-refractivity contribution in [2.24, 2.45) is 4.99 Å². The van der Waals surface area contributed by atoms with E-state index in [2.05, 4.69) is 4.99 Å². The predicted octanol–water partition coefficient (Wildman–Crippen LogP) is 3.26. The maximum atomic E-state index is 12.9. The molecule has 0 spiro atoms. The molecule has 1 saturated heterocycles. The number of nitrogens with zero attached hydrogens (tertiary/aromatic N) is 5. The number of benzene rings is 1. The van der Waals surface area contributed by atoms with Crippen LogP contribution >= 0.6 is 22.9 Å². The molecule has 1 unspecified atom stereocenters. The number of halogens is 1. The van der Waals surface area contributed by atoms with Crippen molar-refractivity contribution in [3.8, 4) is 16.3 Å². The normalized spacial score (nSPS) is 18.4. The number of likely N-dealkylation sites (N-methyl/N-ethyl adjacent to an activating group) is 2. The third-order valence-corrected chi connectivity index (χ3v) is 6.12. The van der Waals surface area contributed by atoms with Gasteiger partial charge in [-0.25, -0.2) is 9.36 Å². The molecular weight excluding hydrogens is 398 g/mol. The number of amides is 3. The zero-order valence-corrected chi connectivity index (χ0v) is 16.6. The third-order valence-electron chi connectivity index (χ3n) is 4.99. The van der Waals surface area contributed by atoms with Crippen molar-refractivity contribution in [2.45, 2.75) is 6.04 Å². The molecular formula is C19H15ClN5O2S+. The Balaban J connectivity index is 1.79. The summed E-state index contributed by atoms with van der Waals surface area (Å²) in [6, 6.07) is 10.4. The first-order chi connectivity index (χ1) is 13.5.